The van der Waals surface area contributed by atoms with Gasteiger partial charge in [-0.15, -0.1) is 0 Å². The van der Waals surface area contributed by atoms with Crippen LogP contribution >= 0.6 is 0 Å². The van der Waals surface area contributed by atoms with Gasteiger partial charge in [-0.2, -0.15) is 0 Å². The summed E-state index contributed by atoms with van der Waals surface area (Å²) in [6, 6.07) is 81.3. The summed E-state index contributed by atoms with van der Waals surface area (Å²) in [4.78, 5) is 0. The lowest BCUT2D eigenvalue weighted by Crippen LogP contribution is -2.72. The molecule has 0 bridgehead atoms. The van der Waals surface area contributed by atoms with Crippen molar-refractivity contribution in [3.05, 3.63) is 218 Å². The smallest absolute Gasteiger partial charge is 0.180 e. The molecule has 57 heavy (non-hydrogen) atoms. The molecule has 2 aromatic heterocycles. The molecule has 0 N–H and O–H groups in total. The first-order valence-electron chi connectivity index (χ1n) is 19.8. The van der Waals surface area contributed by atoms with Gasteiger partial charge in [0.15, 0.2) is 8.07 Å². The SMILES string of the molecule is c1ccc(-c2ccc(-n3c4ccccc4c4cc5c(cc43)c3ccccc3n5-c3ccc4c(c3)[Si](c3ccccc3)(c3ccccc3)c3ccccc3-4)cc2)cc1. The van der Waals surface area contributed by atoms with Crippen molar-refractivity contribution in [3.8, 4) is 33.6 Å². The minimum absolute atomic E-state index is 1.16. The maximum absolute atomic E-state index is 2.66. The molecule has 0 spiro atoms. The summed E-state index contributed by atoms with van der Waals surface area (Å²) in [7, 11) is -2.66. The molecule has 11 aromatic rings. The molecule has 266 valence electrons. The van der Waals surface area contributed by atoms with Crippen LogP contribution in [0.3, 0.4) is 0 Å². The van der Waals surface area contributed by atoms with E-state index in [1.807, 2.05) is 0 Å². The molecule has 1 aliphatic rings. The van der Waals surface area contributed by atoms with Crippen LogP contribution in [0.4, 0.5) is 0 Å². The number of fused-ring (bicyclic) bond motifs is 9. The minimum atomic E-state index is -2.66. The normalized spacial score (nSPS) is 13.1. The molecule has 9 aromatic carbocycles. The molecule has 0 aliphatic carbocycles. The van der Waals surface area contributed by atoms with Gasteiger partial charge in [0, 0.05) is 32.9 Å². The van der Waals surface area contributed by atoms with Gasteiger partial charge in [0.25, 0.3) is 0 Å². The lowest BCUT2D eigenvalue weighted by Gasteiger charge is -2.31. The molecular weight excluding hydrogens is 705 g/mol. The Labute approximate surface area is 332 Å². The molecule has 0 atom stereocenters. The third-order valence-electron chi connectivity index (χ3n) is 12.4. The van der Waals surface area contributed by atoms with Gasteiger partial charge in [-0.05, 0) is 91.5 Å². The molecule has 0 unspecified atom stereocenters. The summed E-state index contributed by atoms with van der Waals surface area (Å²) in [5.41, 5.74) is 12.3. The van der Waals surface area contributed by atoms with Gasteiger partial charge in [0.2, 0.25) is 0 Å². The number of hydrogen-bond donors (Lipinski definition) is 0. The van der Waals surface area contributed by atoms with E-state index in [-0.39, 0.29) is 0 Å². The highest BCUT2D eigenvalue weighted by molar-refractivity contribution is 7.22. The quantitative estimate of drug-likeness (QED) is 0.156. The lowest BCUT2D eigenvalue weighted by molar-refractivity contribution is 1.18. The monoisotopic (exact) mass is 740 g/mol. The van der Waals surface area contributed by atoms with E-state index in [1.54, 1.807) is 0 Å². The van der Waals surface area contributed by atoms with Crippen molar-refractivity contribution in [1.82, 2.24) is 9.13 Å². The van der Waals surface area contributed by atoms with Crippen LogP contribution in [-0.2, 0) is 0 Å². The van der Waals surface area contributed by atoms with E-state index in [0.29, 0.717) is 0 Å². The van der Waals surface area contributed by atoms with Crippen molar-refractivity contribution >= 4 is 72.4 Å². The van der Waals surface area contributed by atoms with Gasteiger partial charge < -0.3 is 9.13 Å². The largest absolute Gasteiger partial charge is 0.309 e. The Hall–Kier alpha value is -7.20. The molecule has 0 radical (unpaired) electrons. The van der Waals surface area contributed by atoms with Gasteiger partial charge in [0.05, 0.1) is 22.1 Å². The molecule has 3 heteroatoms. The number of rotatable bonds is 5. The fourth-order valence-corrected chi connectivity index (χ4v) is 15.2. The second-order valence-electron chi connectivity index (χ2n) is 15.3. The van der Waals surface area contributed by atoms with Crippen molar-refractivity contribution in [1.29, 1.82) is 0 Å². The highest BCUT2D eigenvalue weighted by Crippen LogP contribution is 2.40. The van der Waals surface area contributed by atoms with Crippen LogP contribution in [0.2, 0.25) is 0 Å². The Balaban J connectivity index is 1.12. The zero-order chi connectivity index (χ0) is 37.5. The average molecular weight is 741 g/mol. The number of nitrogens with zero attached hydrogens (tertiary/aromatic N) is 2. The highest BCUT2D eigenvalue weighted by atomic mass is 28.3. The molecule has 0 amide bonds. The summed E-state index contributed by atoms with van der Waals surface area (Å²) in [6.45, 7) is 0. The Morgan fingerprint density at radius 2 is 0.737 bits per heavy atom. The molecule has 2 nitrogen and oxygen atoms in total. The van der Waals surface area contributed by atoms with Crippen LogP contribution in [0.1, 0.15) is 0 Å². The van der Waals surface area contributed by atoms with E-state index < -0.39 is 8.07 Å². The Morgan fingerprint density at radius 1 is 0.281 bits per heavy atom. The first kappa shape index (κ1) is 32.1. The number of aromatic nitrogens is 2. The topological polar surface area (TPSA) is 9.86 Å². The Kier molecular flexibility index (Phi) is 6.98. The standard InChI is InChI=1S/C54H36N2Si/c1-4-16-37(17-5-1)38-28-30-39(31-29-38)55-49-25-13-10-22-43(49)47-36-52-48(35-51(47)55)44-23-11-14-26-50(44)56(52)40-32-33-46-45-24-12-15-27-53(45)57(54(46)34-40,41-18-6-2-7-19-41)42-20-8-3-9-21-42/h1-36H. The zero-order valence-corrected chi connectivity index (χ0v) is 32.2. The molecule has 1 aliphatic heterocycles. The molecule has 3 heterocycles. The number of para-hydroxylation sites is 2. The molecule has 0 fully saturated rings. The average Bonchev–Trinajstić information content (AvgIpc) is 3.90. The van der Waals surface area contributed by atoms with E-state index in [4.69, 9.17) is 0 Å². The van der Waals surface area contributed by atoms with Gasteiger partial charge in [0.1, 0.15) is 0 Å². The predicted molar refractivity (Wildman–Crippen MR) is 243 cm³/mol. The Morgan fingerprint density at radius 3 is 1.35 bits per heavy atom. The first-order chi connectivity index (χ1) is 28.3. The summed E-state index contributed by atoms with van der Waals surface area (Å²) < 4.78 is 4.96. The highest BCUT2D eigenvalue weighted by Gasteiger charge is 2.48. The first-order valence-corrected chi connectivity index (χ1v) is 21.8. The fraction of sp³-hybridized carbons (Fsp3) is 0. The van der Waals surface area contributed by atoms with Crippen molar-refractivity contribution in [2.75, 3.05) is 0 Å². The van der Waals surface area contributed by atoms with E-state index >= 15 is 0 Å². The van der Waals surface area contributed by atoms with E-state index in [0.717, 1.165) is 5.69 Å². The van der Waals surface area contributed by atoms with Crippen LogP contribution in [0.5, 0.6) is 0 Å². The van der Waals surface area contributed by atoms with Crippen molar-refractivity contribution in [3.63, 3.8) is 0 Å². The molecular formula is C54H36N2Si. The van der Waals surface area contributed by atoms with E-state index in [9.17, 15) is 0 Å². The van der Waals surface area contributed by atoms with Gasteiger partial charge in [-0.3, -0.25) is 0 Å². The molecule has 12 rings (SSSR count). The molecule has 0 saturated carbocycles. The fourth-order valence-electron chi connectivity index (χ4n) is 9.99. The Bertz CT molecular complexity index is 3280. The summed E-state index contributed by atoms with van der Waals surface area (Å²) in [6.07, 6.45) is 0. The van der Waals surface area contributed by atoms with Crippen LogP contribution in [0.15, 0.2) is 218 Å². The van der Waals surface area contributed by atoms with Crippen LogP contribution in [0, 0.1) is 0 Å². The second kappa shape index (κ2) is 12.4. The predicted octanol–water partition coefficient (Wildman–Crippen LogP) is 10.9. The lowest BCUT2D eigenvalue weighted by atomic mass is 10.1. The number of benzene rings is 9. The third kappa shape index (κ3) is 4.58. The summed E-state index contributed by atoms with van der Waals surface area (Å²) in [5, 5.41) is 10.7. The van der Waals surface area contributed by atoms with E-state index in [1.165, 1.54) is 92.3 Å². The van der Waals surface area contributed by atoms with Crippen molar-refractivity contribution in [2.45, 2.75) is 0 Å². The van der Waals surface area contributed by atoms with Gasteiger partial charge in [-0.1, -0.05) is 170 Å². The second-order valence-corrected chi connectivity index (χ2v) is 19.0. The molecule has 0 saturated heterocycles. The van der Waals surface area contributed by atoms with E-state index in [2.05, 4.69) is 228 Å². The van der Waals surface area contributed by atoms with Crippen molar-refractivity contribution < 1.29 is 0 Å². The number of hydrogen-bond acceptors (Lipinski definition) is 0. The zero-order valence-electron chi connectivity index (χ0n) is 31.2. The van der Waals surface area contributed by atoms with Gasteiger partial charge >= 0.3 is 0 Å². The van der Waals surface area contributed by atoms with Crippen molar-refractivity contribution in [2.24, 2.45) is 0 Å². The van der Waals surface area contributed by atoms with Crippen LogP contribution in [0.25, 0.3) is 77.2 Å². The third-order valence-corrected chi connectivity index (χ3v) is 17.3. The van der Waals surface area contributed by atoms with Crippen LogP contribution < -0.4 is 20.7 Å². The van der Waals surface area contributed by atoms with Gasteiger partial charge in [-0.25, -0.2) is 0 Å². The summed E-state index contributed by atoms with van der Waals surface area (Å²) in [5.74, 6) is 0. The summed E-state index contributed by atoms with van der Waals surface area (Å²) >= 11 is 0. The van der Waals surface area contributed by atoms with Crippen LogP contribution in [-0.4, -0.2) is 17.2 Å². The maximum Gasteiger partial charge on any atom is 0.180 e. The maximum atomic E-state index is 2.54. The minimum Gasteiger partial charge on any atom is -0.309 e.